The fraction of sp³-hybridized carbons (Fsp3) is 0.318. The summed E-state index contributed by atoms with van der Waals surface area (Å²) in [6.07, 6.45) is 19.6. The summed E-state index contributed by atoms with van der Waals surface area (Å²) in [5.41, 5.74) is 33.3. The molecule has 22 rings (SSSR count). The molecule has 0 bridgehead atoms. The molecule has 7 N–H and O–H groups in total. The molecule has 5 aromatic heterocycles. The van der Waals surface area contributed by atoms with E-state index in [0.29, 0.717) is 19.0 Å². The Balaban J connectivity index is 0.000000111. The number of aromatic nitrogens is 10. The van der Waals surface area contributed by atoms with Crippen molar-refractivity contribution in [3.05, 3.63) is 356 Å². The van der Waals surface area contributed by atoms with E-state index in [1.54, 1.807) is 30.5 Å². The SMILES string of the molecule is CC(C)c1ccc(CN2CCCc3cc(-c4cn[nH]c4)ccc32)cc1.Cc1cc(-c2ccc3c(c2)CCCN3Cc2ccc(C(F)(F)F)cc2)n[nH]1.Cc1cc(-c2ccc3c(c2)CCCN3Cc2ccc(C3(O)CCC3)cc2)n[nH]1.FC(F)(F)c1ccc(CN2CCCc3cc(-c4cn[nH]c4)ccc32)cc1.OC1(c2ccc(CN3CCCc4cc(-c5cn[nH]c5)ccc43)cc2)CCC1. The minimum Gasteiger partial charge on any atom is -0.385 e. The number of aromatic amines is 5. The van der Waals surface area contributed by atoms with Crippen molar-refractivity contribution < 1.29 is 36.6 Å². The Kier molecular flexibility index (Phi) is 26.9. The van der Waals surface area contributed by atoms with E-state index < -0.39 is 34.7 Å². The van der Waals surface area contributed by atoms with Gasteiger partial charge >= 0.3 is 12.4 Å². The Morgan fingerprint density at radius 1 is 0.323 bits per heavy atom. The van der Waals surface area contributed by atoms with Crippen LogP contribution in [0.15, 0.2) is 262 Å². The lowest BCUT2D eigenvalue weighted by Gasteiger charge is -2.37. The molecule has 17 nitrogen and oxygen atoms in total. The highest BCUT2D eigenvalue weighted by Gasteiger charge is 2.38. The zero-order chi connectivity index (χ0) is 91.8. The molecule has 0 amide bonds. The Bertz CT molecular complexity index is 6380. The highest BCUT2D eigenvalue weighted by Crippen LogP contribution is 2.45. The van der Waals surface area contributed by atoms with Crippen LogP contribution in [0.4, 0.5) is 54.8 Å². The number of rotatable bonds is 18. The lowest BCUT2D eigenvalue weighted by atomic mass is 9.75. The Morgan fingerprint density at radius 2 is 0.586 bits per heavy atom. The van der Waals surface area contributed by atoms with Crippen LogP contribution in [0.3, 0.4) is 0 Å². The summed E-state index contributed by atoms with van der Waals surface area (Å²) in [6.45, 7) is 17.6. The number of fused-ring (bicyclic) bond motifs is 5. The van der Waals surface area contributed by atoms with E-state index >= 15 is 0 Å². The van der Waals surface area contributed by atoms with Crippen LogP contribution in [0.1, 0.15) is 185 Å². The quantitative estimate of drug-likeness (QED) is 0.0402. The average molecular weight is 1790 g/mol. The number of halogens is 6. The van der Waals surface area contributed by atoms with Crippen LogP contribution in [-0.2, 0) is 88.4 Å². The summed E-state index contributed by atoms with van der Waals surface area (Å²) in [4.78, 5) is 11.9. The van der Waals surface area contributed by atoms with Gasteiger partial charge in [0.2, 0.25) is 0 Å². The third-order valence-electron chi connectivity index (χ3n) is 27.4. The molecule has 0 radical (unpaired) electrons. The number of benzene rings is 10. The third kappa shape index (κ3) is 21.4. The maximum Gasteiger partial charge on any atom is 0.416 e. The topological polar surface area (TPSA) is 200 Å². The fourth-order valence-electron chi connectivity index (χ4n) is 19.6. The number of hydrogen-bond acceptors (Lipinski definition) is 12. The molecule has 0 unspecified atom stereocenters. The number of hydrogen-bond donors (Lipinski definition) is 7. The van der Waals surface area contributed by atoms with Gasteiger partial charge in [0.05, 0.1) is 52.3 Å². The molecule has 10 heterocycles. The zero-order valence-corrected chi connectivity index (χ0v) is 75.9. The monoisotopic (exact) mass is 1790 g/mol. The van der Waals surface area contributed by atoms with Crippen molar-refractivity contribution in [1.82, 2.24) is 51.0 Å². The summed E-state index contributed by atoms with van der Waals surface area (Å²) in [7, 11) is 0. The van der Waals surface area contributed by atoms with Gasteiger partial charge in [-0.05, 0) is 309 Å². The molecule has 2 fully saturated rings. The van der Waals surface area contributed by atoms with E-state index in [-0.39, 0.29) is 0 Å². The molecule has 684 valence electrons. The molecule has 0 saturated heterocycles. The van der Waals surface area contributed by atoms with Crippen molar-refractivity contribution in [1.29, 1.82) is 0 Å². The molecule has 23 heteroatoms. The van der Waals surface area contributed by atoms with Crippen molar-refractivity contribution in [3.63, 3.8) is 0 Å². The van der Waals surface area contributed by atoms with Gasteiger partial charge in [-0.2, -0.15) is 51.8 Å². The number of nitrogens with one attached hydrogen (secondary N) is 5. The summed E-state index contributed by atoms with van der Waals surface area (Å²) in [5, 5.41) is 56.5. The average Bonchev–Trinajstić information content (AvgIpc) is 0.961. The molecule has 2 aliphatic carbocycles. The molecule has 7 aliphatic rings. The molecular weight excluding hydrogens is 1680 g/mol. The van der Waals surface area contributed by atoms with Crippen LogP contribution < -0.4 is 24.5 Å². The standard InChI is InChI=1S/C24H27N3O.C23H25N3O.C22H25N3.C21H20F3N3.C20H18F3N3/c1-17-14-22(26-25-17)19-7-10-23-20(15-19)4-2-13-27(23)16-18-5-8-21(9-6-18)24(28)11-3-12-24;27-23(10-2-11-23)21-7-4-17(5-8-21)16-26-12-1-3-19-13-18(6-9-22(19)26)20-14-24-25-15-20;1-16(2)18-7-5-17(6-8-18)15-25-11-3-4-20-12-19(9-10-22(20)25)21-13-23-24-14-21;1-14-11-19(26-25-14)16-6-9-20-17(12-16)3-2-10-27(20)13-15-4-7-18(8-5-15)21(22,23)24;21-20(22,23)18-6-3-14(4-7-18)13-26-9-1-2-16-10-15(5-8-19(16)26)17-11-24-25-12-17/h5-10,14-15,28H,2-4,11-13,16H2,1H3,(H,25,26);4-9,13-15,27H,1-3,10-12,16H2,(H,24,25);5-10,12-14,16H,3-4,11,15H2,1-2H3,(H,23,24);4-9,11-12H,2-3,10,13H2,1H3,(H,25,26);3-8,10-12H,1-2,9,13H2,(H,24,25). The second kappa shape index (κ2) is 39.7. The number of aryl methyl sites for hydroxylation is 7. The molecule has 0 atom stereocenters. The van der Waals surface area contributed by atoms with Crippen LogP contribution in [0.2, 0.25) is 0 Å². The highest BCUT2D eigenvalue weighted by atomic mass is 19.4. The van der Waals surface area contributed by atoms with E-state index in [0.717, 1.165) is 244 Å². The lowest BCUT2D eigenvalue weighted by molar-refractivity contribution is -0.138. The van der Waals surface area contributed by atoms with Crippen LogP contribution in [0.5, 0.6) is 0 Å². The largest absolute Gasteiger partial charge is 0.416 e. The predicted molar refractivity (Wildman–Crippen MR) is 518 cm³/mol. The van der Waals surface area contributed by atoms with Gasteiger partial charge in [0.25, 0.3) is 0 Å². The molecule has 5 aliphatic heterocycles. The van der Waals surface area contributed by atoms with E-state index in [1.807, 2.05) is 50.9 Å². The lowest BCUT2D eigenvalue weighted by Crippen LogP contribution is -2.33. The van der Waals surface area contributed by atoms with Crippen LogP contribution in [0, 0.1) is 13.8 Å². The predicted octanol–water partition coefficient (Wildman–Crippen LogP) is 24.7. The minimum atomic E-state index is -4.29. The highest BCUT2D eigenvalue weighted by molar-refractivity contribution is 5.74. The van der Waals surface area contributed by atoms with E-state index in [4.69, 9.17) is 0 Å². The summed E-state index contributed by atoms with van der Waals surface area (Å²) in [6, 6.07) is 74.2. The zero-order valence-electron chi connectivity index (χ0n) is 75.9. The first-order chi connectivity index (χ1) is 64.4. The number of anilines is 5. The first-order valence-corrected chi connectivity index (χ1v) is 46.9. The third-order valence-corrected chi connectivity index (χ3v) is 27.4. The van der Waals surface area contributed by atoms with Crippen molar-refractivity contribution in [2.24, 2.45) is 0 Å². The van der Waals surface area contributed by atoms with Gasteiger partial charge in [-0.25, -0.2) is 0 Å². The van der Waals surface area contributed by atoms with Crippen molar-refractivity contribution in [2.75, 3.05) is 57.2 Å². The number of aliphatic hydroxyl groups is 2. The molecule has 15 aromatic rings. The smallest absolute Gasteiger partial charge is 0.385 e. The van der Waals surface area contributed by atoms with Crippen molar-refractivity contribution in [3.8, 4) is 55.9 Å². The van der Waals surface area contributed by atoms with Gasteiger partial charge in [-0.1, -0.05) is 141 Å². The maximum atomic E-state index is 12.7. The number of alkyl halides is 6. The second-order valence-electron chi connectivity index (χ2n) is 37.1. The normalized spacial score (nSPS) is 15.8. The van der Waals surface area contributed by atoms with Gasteiger partial charge < -0.3 is 34.7 Å². The molecule has 2 saturated carbocycles. The number of nitrogens with zero attached hydrogens (tertiary/aromatic N) is 10. The van der Waals surface area contributed by atoms with Gasteiger partial charge in [-0.3, -0.25) is 25.5 Å². The van der Waals surface area contributed by atoms with Crippen LogP contribution in [0.25, 0.3) is 55.9 Å². The van der Waals surface area contributed by atoms with E-state index in [2.05, 4.69) is 259 Å². The second-order valence-corrected chi connectivity index (χ2v) is 37.1. The molecule has 133 heavy (non-hydrogen) atoms. The van der Waals surface area contributed by atoms with Crippen LogP contribution in [-0.4, -0.2) is 93.9 Å². The Hall–Kier alpha value is -13.3. The van der Waals surface area contributed by atoms with Gasteiger partial charge in [0, 0.05) is 152 Å². The van der Waals surface area contributed by atoms with Crippen molar-refractivity contribution >= 4 is 28.4 Å². The summed E-state index contributed by atoms with van der Waals surface area (Å²) in [5.74, 6) is 0.589. The molecular formula is C110H115F6N15O2. The van der Waals surface area contributed by atoms with Crippen LogP contribution >= 0.6 is 0 Å². The Labute approximate surface area is 773 Å². The molecule has 0 spiro atoms. The first-order valence-electron chi connectivity index (χ1n) is 46.9. The van der Waals surface area contributed by atoms with Gasteiger partial charge in [0.15, 0.2) is 0 Å². The van der Waals surface area contributed by atoms with E-state index in [1.165, 1.54) is 103 Å². The maximum absolute atomic E-state index is 12.7. The van der Waals surface area contributed by atoms with Gasteiger partial charge in [-0.15, -0.1) is 0 Å². The van der Waals surface area contributed by atoms with Crippen molar-refractivity contribution in [2.45, 2.75) is 193 Å². The number of H-pyrrole nitrogens is 5. The Morgan fingerprint density at radius 3 is 0.820 bits per heavy atom. The van der Waals surface area contributed by atoms with Gasteiger partial charge in [0.1, 0.15) is 0 Å². The molecule has 10 aromatic carbocycles. The summed E-state index contributed by atoms with van der Waals surface area (Å²) >= 11 is 0. The van der Waals surface area contributed by atoms with E-state index in [9.17, 15) is 36.6 Å². The summed E-state index contributed by atoms with van der Waals surface area (Å²) < 4.78 is 76.3. The minimum absolute atomic E-state index is 0.570. The fourth-order valence-corrected chi connectivity index (χ4v) is 19.6. The first kappa shape index (κ1) is 90.3.